The van der Waals surface area contributed by atoms with E-state index >= 15 is 0 Å². The number of carbonyl (C=O) groups excluding carboxylic acids is 1. The number of amides is 1. The van der Waals surface area contributed by atoms with Crippen molar-refractivity contribution in [3.63, 3.8) is 0 Å². The molecular weight excluding hydrogens is 717 g/mol. The van der Waals surface area contributed by atoms with E-state index < -0.39 is 23.0 Å². The lowest BCUT2D eigenvalue weighted by molar-refractivity contribution is 0.0691. The number of nitrogens with two attached hydrogens (primary N) is 1. The first-order chi connectivity index (χ1) is 27.0. The van der Waals surface area contributed by atoms with Gasteiger partial charge in [0.15, 0.2) is 5.84 Å². The number of hydrazone groups is 1. The first-order valence-corrected chi connectivity index (χ1v) is 20.1. The number of piperidine rings is 2. The number of benzene rings is 2. The van der Waals surface area contributed by atoms with E-state index in [-0.39, 0.29) is 49.8 Å². The first-order valence-electron chi connectivity index (χ1n) is 20.1. The minimum absolute atomic E-state index is 0.0126. The van der Waals surface area contributed by atoms with Crippen molar-refractivity contribution in [3.05, 3.63) is 43.5 Å². The van der Waals surface area contributed by atoms with Gasteiger partial charge in [0.2, 0.25) is 0 Å². The quantitative estimate of drug-likeness (QED) is 0.0332. The predicted octanol–water partition coefficient (Wildman–Crippen LogP) is 1.32. The largest absolute Gasteiger partial charge is 0.478 e. The average molecular weight is 779 g/mol. The second kappa shape index (κ2) is 20.6. The monoisotopic (exact) mass is 778 g/mol. The number of rotatable bonds is 21. The van der Waals surface area contributed by atoms with Gasteiger partial charge in [-0.15, -0.1) is 0 Å². The van der Waals surface area contributed by atoms with Gasteiger partial charge in [-0.05, 0) is 112 Å². The van der Waals surface area contributed by atoms with E-state index in [1.807, 2.05) is 38.0 Å². The molecule has 0 aliphatic carbocycles. The molecule has 17 heteroatoms. The molecule has 2 fully saturated rings. The molecule has 0 unspecified atom stereocenters. The standard InChI is InChI=1S/C39H62N12O5/c1-48(2)17-11-13-43-46-35(40)32-28-26-25-27(41-15-23-50-19-7-5-8-20-50)29(37(53)45-36(26)52)30(28)31(38(54)47-44-14-12-18-49(3)4)33(39(55)56)34(32)42-16-24-51-21-9-6-10-22-51/h25,41-44H,5-24H2,1-4H3,(H2,40,46)(H,47,54)(H,55,56)(H,45,52,53). The van der Waals surface area contributed by atoms with E-state index in [4.69, 9.17) is 5.73 Å². The van der Waals surface area contributed by atoms with Gasteiger partial charge in [-0.2, -0.15) is 5.10 Å². The summed E-state index contributed by atoms with van der Waals surface area (Å²) in [6, 6.07) is 1.61. The Balaban J connectivity index is 1.72. The lowest BCUT2D eigenvalue weighted by atomic mass is 9.87. The summed E-state index contributed by atoms with van der Waals surface area (Å²) in [6.45, 7) is 8.35. The Bertz CT molecular complexity index is 1940. The lowest BCUT2D eigenvalue weighted by Crippen LogP contribution is -2.40. The summed E-state index contributed by atoms with van der Waals surface area (Å²) in [5, 5.41) is 22.5. The number of carbonyl (C=O) groups is 2. The van der Waals surface area contributed by atoms with Crippen LogP contribution in [0.4, 0.5) is 11.4 Å². The highest BCUT2D eigenvalue weighted by Crippen LogP contribution is 2.40. The summed E-state index contributed by atoms with van der Waals surface area (Å²) in [6.07, 6.45) is 8.21. The molecule has 6 rings (SSSR count). The summed E-state index contributed by atoms with van der Waals surface area (Å²) in [4.78, 5) is 67.2. The zero-order valence-corrected chi connectivity index (χ0v) is 33.6. The van der Waals surface area contributed by atoms with Crippen molar-refractivity contribution in [1.82, 2.24) is 40.9 Å². The normalized spacial score (nSPS) is 15.9. The van der Waals surface area contributed by atoms with Gasteiger partial charge in [0, 0.05) is 55.7 Å². The second-order valence-corrected chi connectivity index (χ2v) is 15.4. The number of carboxylic acid groups (broad SMARTS) is 1. The number of hydrogen-bond acceptors (Lipinski definition) is 13. The number of nitrogens with zero attached hydrogens (tertiary/aromatic N) is 5. The summed E-state index contributed by atoms with van der Waals surface area (Å²) in [5.74, 6) is -2.25. The van der Waals surface area contributed by atoms with Gasteiger partial charge >= 0.3 is 5.97 Å². The Hall–Kier alpha value is -4.55. The molecule has 9 N–H and O–H groups in total. The molecule has 2 aromatic heterocycles. The van der Waals surface area contributed by atoms with Crippen LogP contribution < -0.4 is 43.8 Å². The number of H-pyrrole nitrogens is 1. The Labute approximate surface area is 328 Å². The topological polar surface area (TPSA) is 216 Å². The summed E-state index contributed by atoms with van der Waals surface area (Å²) in [7, 11) is 7.84. The maximum Gasteiger partial charge on any atom is 0.338 e. The molecule has 0 spiro atoms. The fourth-order valence-electron chi connectivity index (χ4n) is 7.77. The number of hydrazine groups is 1. The molecule has 2 saturated heterocycles. The van der Waals surface area contributed by atoms with E-state index in [0.717, 1.165) is 71.4 Å². The van der Waals surface area contributed by atoms with Crippen molar-refractivity contribution in [1.29, 1.82) is 0 Å². The van der Waals surface area contributed by atoms with Crippen LogP contribution in [0.15, 0.2) is 20.8 Å². The van der Waals surface area contributed by atoms with Crippen LogP contribution in [0, 0.1) is 0 Å². The van der Waals surface area contributed by atoms with E-state index in [1.54, 1.807) is 6.07 Å². The van der Waals surface area contributed by atoms with Crippen LogP contribution in [0.25, 0.3) is 21.5 Å². The number of carboxylic acids is 1. The van der Waals surface area contributed by atoms with Gasteiger partial charge in [0.05, 0.1) is 33.2 Å². The van der Waals surface area contributed by atoms with Crippen molar-refractivity contribution < 1.29 is 14.7 Å². The highest BCUT2D eigenvalue weighted by molar-refractivity contribution is 6.32. The van der Waals surface area contributed by atoms with Crippen LogP contribution in [0.2, 0.25) is 0 Å². The zero-order chi connectivity index (χ0) is 40.2. The van der Waals surface area contributed by atoms with Gasteiger partial charge in [-0.25, -0.2) is 10.2 Å². The number of hydrogen-bond donors (Lipinski definition) is 8. The predicted molar refractivity (Wildman–Crippen MR) is 225 cm³/mol. The Morgan fingerprint density at radius 2 is 1.36 bits per heavy atom. The first kappa shape index (κ1) is 42.6. The van der Waals surface area contributed by atoms with Crippen LogP contribution in [-0.4, -0.2) is 154 Å². The molecule has 2 aliphatic heterocycles. The van der Waals surface area contributed by atoms with Crippen LogP contribution in [0.1, 0.15) is 77.6 Å². The highest BCUT2D eigenvalue weighted by atomic mass is 16.4. The molecule has 0 radical (unpaired) electrons. The van der Waals surface area contributed by atoms with E-state index in [0.29, 0.717) is 51.4 Å². The van der Waals surface area contributed by atoms with Crippen molar-refractivity contribution in [2.75, 3.05) is 117 Å². The Morgan fingerprint density at radius 3 is 1.95 bits per heavy atom. The van der Waals surface area contributed by atoms with Crippen LogP contribution >= 0.6 is 0 Å². The number of aromatic nitrogens is 1. The number of aromatic carboxylic acids is 1. The molecule has 0 saturated carbocycles. The van der Waals surface area contributed by atoms with Gasteiger partial charge in [-0.3, -0.25) is 24.8 Å². The molecule has 56 heavy (non-hydrogen) atoms. The minimum atomic E-state index is -1.40. The summed E-state index contributed by atoms with van der Waals surface area (Å²) < 4.78 is 0. The van der Waals surface area contributed by atoms with Crippen molar-refractivity contribution in [3.8, 4) is 0 Å². The number of aromatic amines is 1. The fraction of sp³-hybridized carbons (Fsp3) is 0.615. The number of amidine groups is 1. The van der Waals surface area contributed by atoms with Crippen molar-refractivity contribution >= 4 is 50.6 Å². The minimum Gasteiger partial charge on any atom is -0.478 e. The second-order valence-electron chi connectivity index (χ2n) is 15.4. The molecule has 17 nitrogen and oxygen atoms in total. The van der Waals surface area contributed by atoms with E-state index in [9.17, 15) is 24.3 Å². The third-order valence-corrected chi connectivity index (χ3v) is 10.5. The van der Waals surface area contributed by atoms with Gasteiger partial charge in [0.1, 0.15) is 0 Å². The maximum atomic E-state index is 14.4. The third kappa shape index (κ3) is 10.8. The van der Waals surface area contributed by atoms with Crippen LogP contribution in [0.5, 0.6) is 0 Å². The van der Waals surface area contributed by atoms with Crippen molar-refractivity contribution in [2.24, 2.45) is 10.8 Å². The maximum absolute atomic E-state index is 14.4. The van der Waals surface area contributed by atoms with Crippen LogP contribution in [-0.2, 0) is 0 Å². The Kier molecular flexibility index (Phi) is 15.6. The molecule has 308 valence electrons. The highest BCUT2D eigenvalue weighted by Gasteiger charge is 2.33. The average Bonchev–Trinajstić information content (AvgIpc) is 3.35. The van der Waals surface area contributed by atoms with E-state index in [2.05, 4.69) is 46.8 Å². The SMILES string of the molecule is CN(C)CCCNN=C(N)c1c(NCCN2CCCCC2)c(C(=O)O)c(C(=O)NNCCCN(C)C)c2c3c(NCCN4CCCCC4)cc(c(=O)[nH]c3=O)c12. The lowest BCUT2D eigenvalue weighted by Gasteiger charge is -2.28. The number of anilines is 2. The fourth-order valence-corrected chi connectivity index (χ4v) is 7.77. The van der Waals surface area contributed by atoms with E-state index in [1.165, 1.54) is 12.8 Å². The molecule has 2 aliphatic rings. The molecule has 0 atom stereocenters. The number of fused-ring (bicyclic) bond motifs is 3. The molecule has 4 aromatic rings. The Morgan fingerprint density at radius 1 is 0.768 bits per heavy atom. The molecule has 2 bridgehead atoms. The third-order valence-electron chi connectivity index (χ3n) is 10.5. The number of nitrogens with one attached hydrogen (secondary N) is 6. The van der Waals surface area contributed by atoms with Gasteiger partial charge in [-0.1, -0.05) is 12.8 Å². The number of likely N-dealkylation sites (tertiary alicyclic amines) is 2. The molecular formula is C39H62N12O5. The molecule has 1 amide bonds. The van der Waals surface area contributed by atoms with Crippen LogP contribution in [0.3, 0.4) is 0 Å². The zero-order valence-electron chi connectivity index (χ0n) is 33.6. The smallest absolute Gasteiger partial charge is 0.338 e. The molecule has 2 aromatic carbocycles. The molecule has 4 heterocycles. The van der Waals surface area contributed by atoms with Gasteiger partial charge < -0.3 is 46.5 Å². The van der Waals surface area contributed by atoms with Gasteiger partial charge in [0.25, 0.3) is 17.0 Å². The van der Waals surface area contributed by atoms with Crippen molar-refractivity contribution in [2.45, 2.75) is 51.4 Å². The summed E-state index contributed by atoms with van der Waals surface area (Å²) >= 11 is 0. The summed E-state index contributed by atoms with van der Waals surface area (Å²) in [5.41, 5.74) is 13.9.